The molecule has 1 aromatic rings. The van der Waals surface area contributed by atoms with Crippen LogP contribution in [-0.2, 0) is 6.42 Å². The zero-order valence-electron chi connectivity index (χ0n) is 8.12. The van der Waals surface area contributed by atoms with E-state index in [1.54, 1.807) is 0 Å². The van der Waals surface area contributed by atoms with Crippen LogP contribution in [0.4, 0.5) is 0 Å². The molecule has 0 heterocycles. The van der Waals surface area contributed by atoms with E-state index in [0.717, 1.165) is 12.0 Å². The van der Waals surface area contributed by atoms with Crippen LogP contribution < -0.4 is 0 Å². The molecule has 0 spiro atoms. The SMILES string of the molecule is CCc1cc([C@H](O)CO)ccc1C. The van der Waals surface area contributed by atoms with Crippen LogP contribution in [0.3, 0.4) is 0 Å². The van der Waals surface area contributed by atoms with E-state index in [0.29, 0.717) is 0 Å². The molecule has 0 saturated carbocycles. The largest absolute Gasteiger partial charge is 0.393 e. The molecule has 0 unspecified atom stereocenters. The first-order valence-electron chi connectivity index (χ1n) is 4.57. The van der Waals surface area contributed by atoms with Gasteiger partial charge in [0.1, 0.15) is 6.10 Å². The molecule has 0 fully saturated rings. The Morgan fingerprint density at radius 1 is 1.38 bits per heavy atom. The Hall–Kier alpha value is -0.860. The molecular formula is C11H16O2. The van der Waals surface area contributed by atoms with Crippen LogP contribution in [-0.4, -0.2) is 16.8 Å². The Bertz CT molecular complexity index is 281. The molecule has 1 rings (SSSR count). The Labute approximate surface area is 78.8 Å². The van der Waals surface area contributed by atoms with E-state index in [1.165, 1.54) is 11.1 Å². The minimum Gasteiger partial charge on any atom is -0.393 e. The molecule has 72 valence electrons. The maximum Gasteiger partial charge on any atom is 0.102 e. The molecule has 0 radical (unpaired) electrons. The zero-order chi connectivity index (χ0) is 9.84. The zero-order valence-corrected chi connectivity index (χ0v) is 8.12. The number of aliphatic hydroxyl groups is 2. The Kier molecular flexibility index (Phi) is 3.46. The van der Waals surface area contributed by atoms with Gasteiger partial charge in [-0.15, -0.1) is 0 Å². The highest BCUT2D eigenvalue weighted by Crippen LogP contribution is 2.17. The highest BCUT2D eigenvalue weighted by Gasteiger charge is 2.06. The fourth-order valence-electron chi connectivity index (χ4n) is 1.38. The summed E-state index contributed by atoms with van der Waals surface area (Å²) in [6.45, 7) is 3.91. The van der Waals surface area contributed by atoms with E-state index in [4.69, 9.17) is 5.11 Å². The van der Waals surface area contributed by atoms with Gasteiger partial charge in [0.25, 0.3) is 0 Å². The summed E-state index contributed by atoms with van der Waals surface area (Å²) in [7, 11) is 0. The van der Waals surface area contributed by atoms with Crippen molar-refractivity contribution >= 4 is 0 Å². The van der Waals surface area contributed by atoms with Gasteiger partial charge in [0.2, 0.25) is 0 Å². The molecule has 0 amide bonds. The van der Waals surface area contributed by atoms with Gasteiger partial charge in [-0.3, -0.25) is 0 Å². The summed E-state index contributed by atoms with van der Waals surface area (Å²) in [5.41, 5.74) is 3.26. The second-order valence-corrected chi connectivity index (χ2v) is 3.24. The number of aryl methyl sites for hydroxylation is 2. The van der Waals surface area contributed by atoms with Crippen molar-refractivity contribution in [2.75, 3.05) is 6.61 Å². The summed E-state index contributed by atoms with van der Waals surface area (Å²) in [6.07, 6.45) is 0.212. The highest BCUT2D eigenvalue weighted by atomic mass is 16.3. The van der Waals surface area contributed by atoms with Crippen LogP contribution in [0, 0.1) is 6.92 Å². The molecule has 2 nitrogen and oxygen atoms in total. The number of aliphatic hydroxyl groups excluding tert-OH is 2. The number of hydrogen-bond donors (Lipinski definition) is 2. The monoisotopic (exact) mass is 180 g/mol. The predicted molar refractivity (Wildman–Crippen MR) is 52.6 cm³/mol. The van der Waals surface area contributed by atoms with Crippen molar-refractivity contribution < 1.29 is 10.2 Å². The Balaban J connectivity index is 2.99. The van der Waals surface area contributed by atoms with Gasteiger partial charge in [0.05, 0.1) is 6.61 Å². The molecule has 13 heavy (non-hydrogen) atoms. The van der Waals surface area contributed by atoms with Crippen molar-refractivity contribution in [1.29, 1.82) is 0 Å². The first-order valence-corrected chi connectivity index (χ1v) is 4.57. The third-order valence-corrected chi connectivity index (χ3v) is 2.31. The number of hydrogen-bond acceptors (Lipinski definition) is 2. The van der Waals surface area contributed by atoms with Crippen molar-refractivity contribution in [3.63, 3.8) is 0 Å². The standard InChI is InChI=1S/C11H16O2/c1-3-9-6-10(11(13)7-12)5-4-8(9)2/h4-6,11-13H,3,7H2,1-2H3/t11-/m1/s1. The van der Waals surface area contributed by atoms with E-state index in [9.17, 15) is 5.11 Å². The molecular weight excluding hydrogens is 164 g/mol. The Morgan fingerprint density at radius 2 is 2.08 bits per heavy atom. The smallest absolute Gasteiger partial charge is 0.102 e. The molecule has 0 aromatic heterocycles. The summed E-state index contributed by atoms with van der Waals surface area (Å²) in [5, 5.41) is 18.2. The van der Waals surface area contributed by atoms with Gasteiger partial charge in [0.15, 0.2) is 0 Å². The second-order valence-electron chi connectivity index (χ2n) is 3.24. The van der Waals surface area contributed by atoms with Crippen molar-refractivity contribution in [2.24, 2.45) is 0 Å². The van der Waals surface area contributed by atoms with E-state index < -0.39 is 6.10 Å². The second kappa shape index (κ2) is 4.40. The lowest BCUT2D eigenvalue weighted by Crippen LogP contribution is -2.03. The third kappa shape index (κ3) is 2.29. The minimum atomic E-state index is -0.745. The maximum absolute atomic E-state index is 9.39. The van der Waals surface area contributed by atoms with Gasteiger partial charge in [-0.25, -0.2) is 0 Å². The topological polar surface area (TPSA) is 40.5 Å². The van der Waals surface area contributed by atoms with Crippen molar-refractivity contribution in [3.8, 4) is 0 Å². The van der Waals surface area contributed by atoms with Crippen LogP contribution in [0.1, 0.15) is 29.7 Å². The van der Waals surface area contributed by atoms with Crippen LogP contribution in [0.25, 0.3) is 0 Å². The lowest BCUT2D eigenvalue weighted by molar-refractivity contribution is 0.0955. The van der Waals surface area contributed by atoms with Gasteiger partial charge < -0.3 is 10.2 Å². The molecule has 0 saturated heterocycles. The molecule has 2 N–H and O–H groups in total. The number of rotatable bonds is 3. The fourth-order valence-corrected chi connectivity index (χ4v) is 1.38. The summed E-state index contributed by atoms with van der Waals surface area (Å²) in [6, 6.07) is 5.79. The normalized spacial score (nSPS) is 12.9. The quantitative estimate of drug-likeness (QED) is 0.741. The van der Waals surface area contributed by atoms with Gasteiger partial charge in [0, 0.05) is 0 Å². The lowest BCUT2D eigenvalue weighted by Gasteiger charge is -2.10. The average Bonchev–Trinajstić information content (AvgIpc) is 2.17. The Morgan fingerprint density at radius 3 is 2.62 bits per heavy atom. The van der Waals surface area contributed by atoms with E-state index in [-0.39, 0.29) is 6.61 Å². The first kappa shape index (κ1) is 10.2. The molecule has 1 aromatic carbocycles. The van der Waals surface area contributed by atoms with Crippen LogP contribution in [0.2, 0.25) is 0 Å². The van der Waals surface area contributed by atoms with Gasteiger partial charge in [-0.1, -0.05) is 25.1 Å². The maximum atomic E-state index is 9.39. The molecule has 0 aliphatic heterocycles. The van der Waals surface area contributed by atoms with Crippen molar-refractivity contribution in [3.05, 3.63) is 34.9 Å². The molecule has 0 aliphatic rings. The average molecular weight is 180 g/mol. The van der Waals surface area contributed by atoms with Crippen molar-refractivity contribution in [2.45, 2.75) is 26.4 Å². The van der Waals surface area contributed by atoms with Crippen LogP contribution in [0.5, 0.6) is 0 Å². The minimum absolute atomic E-state index is 0.216. The fraction of sp³-hybridized carbons (Fsp3) is 0.455. The molecule has 0 aliphatic carbocycles. The summed E-state index contributed by atoms with van der Waals surface area (Å²) >= 11 is 0. The van der Waals surface area contributed by atoms with Gasteiger partial charge in [-0.2, -0.15) is 0 Å². The number of benzene rings is 1. The molecule has 1 atom stereocenters. The summed E-state index contributed by atoms with van der Waals surface area (Å²) in [5.74, 6) is 0. The van der Waals surface area contributed by atoms with Crippen LogP contribution >= 0.6 is 0 Å². The van der Waals surface area contributed by atoms with Crippen LogP contribution in [0.15, 0.2) is 18.2 Å². The van der Waals surface area contributed by atoms with Gasteiger partial charge >= 0.3 is 0 Å². The highest BCUT2D eigenvalue weighted by molar-refractivity contribution is 5.32. The summed E-state index contributed by atoms with van der Waals surface area (Å²) < 4.78 is 0. The lowest BCUT2D eigenvalue weighted by atomic mass is 10.0. The van der Waals surface area contributed by atoms with E-state index in [1.807, 2.05) is 25.1 Å². The predicted octanol–water partition coefficient (Wildman–Crippen LogP) is 1.58. The first-order chi connectivity index (χ1) is 6.19. The summed E-state index contributed by atoms with van der Waals surface area (Å²) in [4.78, 5) is 0. The van der Waals surface area contributed by atoms with E-state index >= 15 is 0 Å². The van der Waals surface area contributed by atoms with E-state index in [2.05, 4.69) is 6.92 Å². The third-order valence-electron chi connectivity index (χ3n) is 2.31. The van der Waals surface area contributed by atoms with Crippen molar-refractivity contribution in [1.82, 2.24) is 0 Å². The van der Waals surface area contributed by atoms with Gasteiger partial charge in [-0.05, 0) is 30.0 Å². The molecule has 0 bridgehead atoms. The molecule has 2 heteroatoms.